The Morgan fingerprint density at radius 2 is 2.00 bits per heavy atom. The molecule has 0 bridgehead atoms. The van der Waals surface area contributed by atoms with Gasteiger partial charge in [-0.1, -0.05) is 0 Å². The first kappa shape index (κ1) is 15.0. The maximum Gasteiger partial charge on any atom is 0.413 e. The van der Waals surface area contributed by atoms with E-state index >= 15 is 0 Å². The fraction of sp³-hybridized carbons (Fsp3) is 0.400. The van der Waals surface area contributed by atoms with Crippen LogP contribution in [0.1, 0.15) is 32.4 Å². The minimum Gasteiger partial charge on any atom is -0.446 e. The number of hydrogen-bond donors (Lipinski definition) is 1. The molecule has 2 heterocycles. The maximum atomic E-state index is 11.6. The molecule has 112 valence electrons. The van der Waals surface area contributed by atoms with E-state index in [1.54, 1.807) is 40.0 Å². The van der Waals surface area contributed by atoms with Crippen molar-refractivity contribution >= 4 is 11.9 Å². The molecule has 0 saturated carbocycles. The predicted molar refractivity (Wildman–Crippen MR) is 79.1 cm³/mol. The van der Waals surface area contributed by atoms with Gasteiger partial charge in [0.2, 0.25) is 0 Å². The summed E-state index contributed by atoms with van der Waals surface area (Å²) in [5, 5.41) is 2.58. The van der Waals surface area contributed by atoms with Crippen LogP contribution < -0.4 is 5.32 Å². The lowest BCUT2D eigenvalue weighted by Gasteiger charge is -2.19. The standard InChI is InChI=1S/C15H19N3O3/c1-9-13(17-10(2)20-9)11-6-7-12(16-8-11)18-14(19)21-15(3,4)5/h6-8H,1-5H3,(H,16,18,19). The molecular weight excluding hydrogens is 270 g/mol. The molecule has 2 rings (SSSR count). The van der Waals surface area contributed by atoms with Crippen LogP contribution in [-0.4, -0.2) is 21.7 Å². The van der Waals surface area contributed by atoms with Gasteiger partial charge < -0.3 is 9.15 Å². The Balaban J connectivity index is 2.09. The van der Waals surface area contributed by atoms with Crippen molar-refractivity contribution in [2.75, 3.05) is 5.32 Å². The summed E-state index contributed by atoms with van der Waals surface area (Å²) in [4.78, 5) is 20.1. The van der Waals surface area contributed by atoms with Gasteiger partial charge in [-0.2, -0.15) is 0 Å². The van der Waals surface area contributed by atoms with Gasteiger partial charge in [-0.25, -0.2) is 14.8 Å². The van der Waals surface area contributed by atoms with Gasteiger partial charge in [0.15, 0.2) is 5.89 Å². The fourth-order valence-electron chi connectivity index (χ4n) is 1.81. The molecular formula is C15H19N3O3. The molecule has 2 aromatic rings. The van der Waals surface area contributed by atoms with Crippen LogP contribution in [-0.2, 0) is 4.74 Å². The Bertz CT molecular complexity index is 639. The molecule has 0 unspecified atom stereocenters. The highest BCUT2D eigenvalue weighted by Gasteiger charge is 2.16. The molecule has 0 spiro atoms. The zero-order valence-corrected chi connectivity index (χ0v) is 12.9. The molecule has 0 aliphatic heterocycles. The average Bonchev–Trinajstić information content (AvgIpc) is 2.67. The summed E-state index contributed by atoms with van der Waals surface area (Å²) in [5.41, 5.74) is 1.04. The first-order valence-corrected chi connectivity index (χ1v) is 6.65. The largest absolute Gasteiger partial charge is 0.446 e. The third-order valence-corrected chi connectivity index (χ3v) is 2.57. The van der Waals surface area contributed by atoms with Crippen LogP contribution in [0.15, 0.2) is 22.7 Å². The Morgan fingerprint density at radius 1 is 1.29 bits per heavy atom. The number of pyridine rings is 1. The van der Waals surface area contributed by atoms with Gasteiger partial charge in [0, 0.05) is 18.7 Å². The van der Waals surface area contributed by atoms with Crippen LogP contribution in [0.3, 0.4) is 0 Å². The number of oxazole rings is 1. The molecule has 0 aromatic carbocycles. The van der Waals surface area contributed by atoms with Crippen LogP contribution >= 0.6 is 0 Å². The Hall–Kier alpha value is -2.37. The third-order valence-electron chi connectivity index (χ3n) is 2.57. The second kappa shape index (κ2) is 5.55. The number of hydrogen-bond acceptors (Lipinski definition) is 5. The molecule has 0 aliphatic rings. The summed E-state index contributed by atoms with van der Waals surface area (Å²) >= 11 is 0. The van der Waals surface area contributed by atoms with Crippen molar-refractivity contribution in [1.82, 2.24) is 9.97 Å². The van der Waals surface area contributed by atoms with Crippen molar-refractivity contribution in [2.24, 2.45) is 0 Å². The normalized spacial score (nSPS) is 11.3. The number of carbonyl (C=O) groups is 1. The summed E-state index contributed by atoms with van der Waals surface area (Å²) < 4.78 is 10.6. The third kappa shape index (κ3) is 4.05. The van der Waals surface area contributed by atoms with E-state index in [1.165, 1.54) is 0 Å². The van der Waals surface area contributed by atoms with E-state index in [2.05, 4.69) is 15.3 Å². The van der Waals surface area contributed by atoms with Gasteiger partial charge in [0.05, 0.1) is 0 Å². The van der Waals surface area contributed by atoms with E-state index in [4.69, 9.17) is 9.15 Å². The average molecular weight is 289 g/mol. The molecule has 0 saturated heterocycles. The number of nitrogens with one attached hydrogen (secondary N) is 1. The monoisotopic (exact) mass is 289 g/mol. The molecule has 0 radical (unpaired) electrons. The van der Waals surface area contributed by atoms with Gasteiger partial charge in [-0.15, -0.1) is 0 Å². The van der Waals surface area contributed by atoms with Gasteiger partial charge in [-0.05, 0) is 39.8 Å². The smallest absolute Gasteiger partial charge is 0.413 e. The lowest BCUT2D eigenvalue weighted by atomic mass is 10.2. The SMILES string of the molecule is Cc1nc(-c2ccc(NC(=O)OC(C)(C)C)nc2)c(C)o1. The highest BCUT2D eigenvalue weighted by atomic mass is 16.6. The molecule has 6 nitrogen and oxygen atoms in total. The van der Waals surface area contributed by atoms with E-state index < -0.39 is 11.7 Å². The summed E-state index contributed by atoms with van der Waals surface area (Å²) in [6.07, 6.45) is 1.10. The second-order valence-corrected chi connectivity index (χ2v) is 5.70. The van der Waals surface area contributed by atoms with Crippen molar-refractivity contribution in [3.05, 3.63) is 30.0 Å². The zero-order chi connectivity index (χ0) is 15.6. The number of anilines is 1. The van der Waals surface area contributed by atoms with Crippen molar-refractivity contribution in [2.45, 2.75) is 40.2 Å². The van der Waals surface area contributed by atoms with Crippen LogP contribution in [0.2, 0.25) is 0 Å². The number of carbonyl (C=O) groups excluding carboxylic acids is 1. The highest BCUT2D eigenvalue weighted by Crippen LogP contribution is 2.23. The number of aryl methyl sites for hydroxylation is 2. The predicted octanol–water partition coefficient (Wildman–Crippen LogP) is 3.70. The van der Waals surface area contributed by atoms with E-state index in [0.717, 1.165) is 17.0 Å². The van der Waals surface area contributed by atoms with Crippen molar-refractivity contribution in [1.29, 1.82) is 0 Å². The summed E-state index contributed by atoms with van der Waals surface area (Å²) in [6, 6.07) is 3.52. The number of nitrogens with zero attached hydrogens (tertiary/aromatic N) is 2. The molecule has 2 aromatic heterocycles. The van der Waals surface area contributed by atoms with Crippen LogP contribution in [0.25, 0.3) is 11.3 Å². The van der Waals surface area contributed by atoms with E-state index in [-0.39, 0.29) is 0 Å². The van der Waals surface area contributed by atoms with E-state index in [1.807, 2.05) is 13.0 Å². The number of aromatic nitrogens is 2. The van der Waals surface area contributed by atoms with Crippen LogP contribution in [0, 0.1) is 13.8 Å². The molecule has 1 N–H and O–H groups in total. The first-order valence-electron chi connectivity index (χ1n) is 6.65. The maximum absolute atomic E-state index is 11.6. The summed E-state index contributed by atoms with van der Waals surface area (Å²) in [5.74, 6) is 1.77. The molecule has 1 amide bonds. The molecule has 0 aliphatic carbocycles. The zero-order valence-electron chi connectivity index (χ0n) is 12.9. The van der Waals surface area contributed by atoms with Crippen LogP contribution in [0.4, 0.5) is 10.6 Å². The molecule has 21 heavy (non-hydrogen) atoms. The summed E-state index contributed by atoms with van der Waals surface area (Å²) in [7, 11) is 0. The topological polar surface area (TPSA) is 77.2 Å². The van der Waals surface area contributed by atoms with Crippen molar-refractivity contribution in [3.63, 3.8) is 0 Å². The highest BCUT2D eigenvalue weighted by molar-refractivity contribution is 5.83. The van der Waals surface area contributed by atoms with E-state index in [0.29, 0.717) is 11.7 Å². The minimum absolute atomic E-state index is 0.422. The van der Waals surface area contributed by atoms with Gasteiger partial charge in [0.25, 0.3) is 0 Å². The summed E-state index contributed by atoms with van der Waals surface area (Å²) in [6.45, 7) is 9.06. The fourth-order valence-corrected chi connectivity index (χ4v) is 1.81. The minimum atomic E-state index is -0.542. The van der Waals surface area contributed by atoms with Crippen molar-refractivity contribution < 1.29 is 13.9 Å². The van der Waals surface area contributed by atoms with Gasteiger partial charge >= 0.3 is 6.09 Å². The molecule has 6 heteroatoms. The molecule has 0 atom stereocenters. The molecule has 0 fully saturated rings. The Morgan fingerprint density at radius 3 is 2.48 bits per heavy atom. The first-order chi connectivity index (χ1) is 9.74. The number of rotatable bonds is 2. The second-order valence-electron chi connectivity index (χ2n) is 5.70. The number of amides is 1. The number of ether oxygens (including phenoxy) is 1. The quantitative estimate of drug-likeness (QED) is 0.912. The Kier molecular flexibility index (Phi) is 3.97. The lowest BCUT2D eigenvalue weighted by molar-refractivity contribution is 0.0635. The van der Waals surface area contributed by atoms with Gasteiger partial charge in [0.1, 0.15) is 22.9 Å². The van der Waals surface area contributed by atoms with E-state index in [9.17, 15) is 4.79 Å². The van der Waals surface area contributed by atoms with Crippen molar-refractivity contribution in [3.8, 4) is 11.3 Å². The van der Waals surface area contributed by atoms with Gasteiger partial charge in [-0.3, -0.25) is 5.32 Å². The Labute approximate surface area is 123 Å². The lowest BCUT2D eigenvalue weighted by Crippen LogP contribution is -2.27. The van der Waals surface area contributed by atoms with Crippen LogP contribution in [0.5, 0.6) is 0 Å².